The molecule has 0 heterocycles. The van der Waals surface area contributed by atoms with E-state index >= 15 is 0 Å². The number of hydrogen-bond acceptors (Lipinski definition) is 5. The number of carboxylic acid groups (broad SMARTS) is 2. The van der Waals surface area contributed by atoms with Crippen LogP contribution in [0.25, 0.3) is 0 Å². The van der Waals surface area contributed by atoms with Gasteiger partial charge in [-0.25, -0.2) is 0 Å². The quantitative estimate of drug-likeness (QED) is 0.811. The molecule has 2 N–H and O–H groups in total. The number of methoxy groups -OCH3 is 3. The smallest absolute Gasteiger partial charge is 0.315 e. The van der Waals surface area contributed by atoms with Crippen LogP contribution in [0.1, 0.15) is 12.0 Å². The molecule has 0 saturated heterocycles. The summed E-state index contributed by atoms with van der Waals surface area (Å²) in [6.07, 6.45) is 0.0380. The van der Waals surface area contributed by atoms with Crippen LogP contribution in [0.4, 0.5) is 0 Å². The van der Waals surface area contributed by atoms with E-state index in [1.165, 1.54) is 33.5 Å². The van der Waals surface area contributed by atoms with E-state index in [4.69, 9.17) is 19.3 Å². The molecule has 0 amide bonds. The summed E-state index contributed by atoms with van der Waals surface area (Å²) in [7, 11) is 4.26. The molecule has 1 aromatic carbocycles. The van der Waals surface area contributed by atoms with Gasteiger partial charge in [0.05, 0.1) is 27.2 Å². The van der Waals surface area contributed by atoms with Gasteiger partial charge in [0.25, 0.3) is 0 Å². The second-order valence-electron chi connectivity index (χ2n) is 4.79. The lowest BCUT2D eigenvalue weighted by Crippen LogP contribution is -2.25. The fraction of sp³-hybridized carbons (Fsp3) is 0.429. The van der Waals surface area contributed by atoms with E-state index in [2.05, 4.69) is 0 Å². The molecule has 2 unspecified atom stereocenters. The molecule has 0 radical (unpaired) electrons. The molecule has 1 aliphatic rings. The Kier molecular flexibility index (Phi) is 3.67. The molecule has 7 heteroatoms. The van der Waals surface area contributed by atoms with Crippen molar-refractivity contribution in [2.45, 2.75) is 11.8 Å². The Morgan fingerprint density at radius 1 is 1.10 bits per heavy atom. The zero-order valence-electron chi connectivity index (χ0n) is 11.9. The van der Waals surface area contributed by atoms with E-state index in [0.717, 1.165) is 0 Å². The van der Waals surface area contributed by atoms with E-state index in [1.807, 2.05) is 0 Å². The molecule has 0 bridgehead atoms. The topological polar surface area (TPSA) is 102 Å². The summed E-state index contributed by atoms with van der Waals surface area (Å²) in [5.41, 5.74) is -1.12. The second kappa shape index (κ2) is 5.16. The molecule has 1 aliphatic carbocycles. The molecular weight excluding hydrogens is 280 g/mol. The average Bonchev–Trinajstić information content (AvgIpc) is 3.22. The number of hydrogen-bond donors (Lipinski definition) is 2. The van der Waals surface area contributed by atoms with Crippen molar-refractivity contribution in [1.29, 1.82) is 0 Å². The third-order valence-corrected chi connectivity index (χ3v) is 3.82. The van der Waals surface area contributed by atoms with E-state index in [1.54, 1.807) is 0 Å². The Morgan fingerprint density at radius 2 is 1.62 bits per heavy atom. The minimum atomic E-state index is -1.45. The predicted molar refractivity (Wildman–Crippen MR) is 71.2 cm³/mol. The zero-order chi connectivity index (χ0) is 15.8. The summed E-state index contributed by atoms with van der Waals surface area (Å²) < 4.78 is 15.5. The summed E-state index contributed by atoms with van der Waals surface area (Å²) in [6, 6.07) is 2.97. The van der Waals surface area contributed by atoms with Crippen LogP contribution in [0, 0.1) is 5.92 Å². The van der Waals surface area contributed by atoms with Crippen LogP contribution >= 0.6 is 0 Å². The van der Waals surface area contributed by atoms with Gasteiger partial charge in [-0.2, -0.15) is 0 Å². The van der Waals surface area contributed by atoms with Gasteiger partial charge in [-0.05, 0) is 24.1 Å². The van der Waals surface area contributed by atoms with Gasteiger partial charge in [-0.1, -0.05) is 0 Å². The van der Waals surface area contributed by atoms with Crippen molar-refractivity contribution in [2.75, 3.05) is 21.3 Å². The molecule has 7 nitrogen and oxygen atoms in total. The number of carbonyl (C=O) groups is 2. The van der Waals surface area contributed by atoms with Gasteiger partial charge in [0, 0.05) is 0 Å². The van der Waals surface area contributed by atoms with Crippen LogP contribution in [0.5, 0.6) is 17.2 Å². The van der Waals surface area contributed by atoms with Crippen LogP contribution in [0.2, 0.25) is 0 Å². The van der Waals surface area contributed by atoms with Crippen molar-refractivity contribution in [1.82, 2.24) is 0 Å². The van der Waals surface area contributed by atoms with Crippen LogP contribution in [-0.4, -0.2) is 43.5 Å². The number of aliphatic carboxylic acids is 2. The van der Waals surface area contributed by atoms with Crippen molar-refractivity contribution in [3.8, 4) is 17.2 Å². The minimum Gasteiger partial charge on any atom is -0.493 e. The van der Waals surface area contributed by atoms with E-state index in [9.17, 15) is 14.7 Å². The van der Waals surface area contributed by atoms with Crippen LogP contribution in [0.15, 0.2) is 12.1 Å². The molecule has 0 aromatic heterocycles. The Hall–Kier alpha value is -2.44. The standard InChI is InChI=1S/C14H16O7/c1-19-9-4-7(5-10(20-2)11(9)21-3)14(13(17)18)6-8(14)12(15)16/h4-5,8H,6H2,1-3H3,(H,15,16)(H,17,18). The highest BCUT2D eigenvalue weighted by molar-refractivity contribution is 5.95. The van der Waals surface area contributed by atoms with E-state index < -0.39 is 23.3 Å². The van der Waals surface area contributed by atoms with E-state index in [0.29, 0.717) is 22.8 Å². The summed E-state index contributed by atoms with van der Waals surface area (Å²) in [5.74, 6) is -2.35. The lowest BCUT2D eigenvalue weighted by Gasteiger charge is -2.17. The first-order valence-corrected chi connectivity index (χ1v) is 6.19. The monoisotopic (exact) mass is 296 g/mol. The Labute approximate surface area is 121 Å². The lowest BCUT2D eigenvalue weighted by atomic mass is 9.92. The molecule has 2 atom stereocenters. The van der Waals surface area contributed by atoms with Crippen molar-refractivity contribution in [2.24, 2.45) is 5.92 Å². The van der Waals surface area contributed by atoms with Gasteiger partial charge >= 0.3 is 11.9 Å². The number of rotatable bonds is 6. The molecule has 2 rings (SSSR count). The van der Waals surface area contributed by atoms with Crippen LogP contribution in [-0.2, 0) is 15.0 Å². The van der Waals surface area contributed by atoms with Crippen LogP contribution < -0.4 is 14.2 Å². The fourth-order valence-electron chi connectivity index (χ4n) is 2.58. The molecule has 1 fully saturated rings. The van der Waals surface area contributed by atoms with Gasteiger partial charge in [-0.3, -0.25) is 9.59 Å². The SMILES string of the molecule is COc1cc(C2(C(=O)O)CC2C(=O)O)cc(OC)c1OC. The molecular formula is C14H16O7. The molecule has 21 heavy (non-hydrogen) atoms. The van der Waals surface area contributed by atoms with Gasteiger partial charge in [0.1, 0.15) is 5.41 Å². The second-order valence-corrected chi connectivity index (χ2v) is 4.79. The third-order valence-electron chi connectivity index (χ3n) is 3.82. The highest BCUT2D eigenvalue weighted by Gasteiger charge is 2.66. The first-order valence-electron chi connectivity index (χ1n) is 6.19. The largest absolute Gasteiger partial charge is 0.493 e. The normalized spacial score (nSPS) is 23.3. The summed E-state index contributed by atoms with van der Waals surface area (Å²) >= 11 is 0. The minimum absolute atomic E-state index is 0.0380. The maximum Gasteiger partial charge on any atom is 0.315 e. The van der Waals surface area contributed by atoms with Gasteiger partial charge in [0.2, 0.25) is 5.75 Å². The first-order chi connectivity index (χ1) is 9.92. The third kappa shape index (κ3) is 2.14. The Morgan fingerprint density at radius 3 is 1.90 bits per heavy atom. The van der Waals surface area contributed by atoms with Crippen molar-refractivity contribution < 1.29 is 34.0 Å². The molecule has 1 aromatic rings. The maximum atomic E-state index is 11.6. The number of ether oxygens (including phenoxy) is 3. The predicted octanol–water partition coefficient (Wildman–Crippen LogP) is 1.14. The lowest BCUT2D eigenvalue weighted by molar-refractivity contribution is -0.145. The fourth-order valence-corrected chi connectivity index (χ4v) is 2.58. The molecule has 114 valence electrons. The highest BCUT2D eigenvalue weighted by atomic mass is 16.5. The van der Waals surface area contributed by atoms with Crippen molar-refractivity contribution in [3.05, 3.63) is 17.7 Å². The average molecular weight is 296 g/mol. The summed E-state index contributed by atoms with van der Waals surface area (Å²) in [4.78, 5) is 22.7. The number of benzene rings is 1. The highest BCUT2D eigenvalue weighted by Crippen LogP contribution is 2.57. The zero-order valence-corrected chi connectivity index (χ0v) is 11.9. The maximum absolute atomic E-state index is 11.6. The van der Waals surface area contributed by atoms with Crippen molar-refractivity contribution >= 4 is 11.9 Å². The summed E-state index contributed by atoms with van der Waals surface area (Å²) in [5, 5.41) is 18.6. The van der Waals surface area contributed by atoms with Gasteiger partial charge < -0.3 is 24.4 Å². The molecule has 1 saturated carbocycles. The summed E-state index contributed by atoms with van der Waals surface area (Å²) in [6.45, 7) is 0. The first kappa shape index (κ1) is 15.0. The Bertz CT molecular complexity index is 570. The Balaban J connectivity index is 2.59. The molecule has 0 spiro atoms. The van der Waals surface area contributed by atoms with E-state index in [-0.39, 0.29) is 6.42 Å². The van der Waals surface area contributed by atoms with Crippen molar-refractivity contribution in [3.63, 3.8) is 0 Å². The number of carboxylic acids is 2. The van der Waals surface area contributed by atoms with Gasteiger partial charge in [0.15, 0.2) is 11.5 Å². The van der Waals surface area contributed by atoms with Crippen LogP contribution in [0.3, 0.4) is 0 Å². The molecule has 0 aliphatic heterocycles. The van der Waals surface area contributed by atoms with Gasteiger partial charge in [-0.15, -0.1) is 0 Å².